The summed E-state index contributed by atoms with van der Waals surface area (Å²) in [6.07, 6.45) is 0. The van der Waals surface area contributed by atoms with Crippen LogP contribution in [0.4, 0.5) is 0 Å². The van der Waals surface area contributed by atoms with Gasteiger partial charge >= 0.3 is 0 Å². The number of nitrogens with one attached hydrogen (secondary N) is 1. The number of hydrogen-bond donors (Lipinski definition) is 2. The zero-order valence-corrected chi connectivity index (χ0v) is 14.3. The molecule has 0 aromatic heterocycles. The van der Waals surface area contributed by atoms with E-state index in [0.717, 1.165) is 0 Å². The van der Waals surface area contributed by atoms with Crippen molar-refractivity contribution in [2.45, 2.75) is 32.2 Å². The van der Waals surface area contributed by atoms with Crippen LogP contribution in [0.15, 0.2) is 48.5 Å². The van der Waals surface area contributed by atoms with Gasteiger partial charge in [0, 0.05) is 3.57 Å². The summed E-state index contributed by atoms with van der Waals surface area (Å²) in [5.74, 6) is 5.75. The van der Waals surface area contributed by atoms with Crippen LogP contribution >= 0.6 is 22.6 Å². The van der Waals surface area contributed by atoms with E-state index in [0.29, 0.717) is 0 Å². The second-order valence-corrected chi connectivity index (χ2v) is 7.27. The predicted molar refractivity (Wildman–Crippen MR) is 93.5 cm³/mol. The summed E-state index contributed by atoms with van der Waals surface area (Å²) in [5, 5.41) is 0. The Morgan fingerprint density at radius 3 is 1.75 bits per heavy atom. The van der Waals surface area contributed by atoms with Crippen LogP contribution in [-0.4, -0.2) is 0 Å². The van der Waals surface area contributed by atoms with Crippen molar-refractivity contribution in [2.24, 2.45) is 5.84 Å². The molecule has 0 heterocycles. The second kappa shape index (κ2) is 6.24. The summed E-state index contributed by atoms with van der Waals surface area (Å²) in [6.45, 7) is 6.67. The topological polar surface area (TPSA) is 38.0 Å². The molecule has 0 aliphatic rings. The molecule has 0 aliphatic carbocycles. The molecule has 2 rings (SSSR count). The molecule has 0 saturated carbocycles. The molecule has 3 N–H and O–H groups in total. The third kappa shape index (κ3) is 3.59. The molecule has 0 spiro atoms. The molecule has 0 radical (unpaired) electrons. The van der Waals surface area contributed by atoms with Gasteiger partial charge < -0.3 is 0 Å². The Morgan fingerprint density at radius 2 is 1.35 bits per heavy atom. The minimum absolute atomic E-state index is 0.0287. The van der Waals surface area contributed by atoms with Gasteiger partial charge in [0.1, 0.15) is 0 Å². The fourth-order valence-corrected chi connectivity index (χ4v) is 2.58. The Labute approximate surface area is 134 Å². The molecule has 1 unspecified atom stereocenters. The molecule has 0 fully saturated rings. The van der Waals surface area contributed by atoms with E-state index in [2.05, 4.69) is 97.3 Å². The van der Waals surface area contributed by atoms with Gasteiger partial charge in [0.2, 0.25) is 0 Å². The summed E-state index contributed by atoms with van der Waals surface area (Å²) >= 11 is 2.31. The van der Waals surface area contributed by atoms with Gasteiger partial charge in [0.15, 0.2) is 0 Å². The lowest BCUT2D eigenvalue weighted by molar-refractivity contribution is 0.588. The molecule has 0 aliphatic heterocycles. The lowest BCUT2D eigenvalue weighted by Crippen LogP contribution is -2.28. The van der Waals surface area contributed by atoms with Crippen LogP contribution in [0.5, 0.6) is 0 Å². The zero-order chi connectivity index (χ0) is 14.8. The first-order chi connectivity index (χ1) is 9.41. The molecular formula is C17H21IN2. The highest BCUT2D eigenvalue weighted by Gasteiger charge is 2.16. The van der Waals surface area contributed by atoms with E-state index in [1.165, 1.54) is 20.3 Å². The molecular weight excluding hydrogens is 359 g/mol. The molecule has 0 saturated heterocycles. The molecule has 0 bridgehead atoms. The molecule has 106 valence electrons. The number of nitrogens with two attached hydrogens (primary N) is 1. The van der Waals surface area contributed by atoms with Gasteiger partial charge in [-0.05, 0) is 56.8 Å². The van der Waals surface area contributed by atoms with Crippen molar-refractivity contribution >= 4 is 22.6 Å². The minimum atomic E-state index is 0.0287. The van der Waals surface area contributed by atoms with Crippen molar-refractivity contribution in [3.8, 4) is 0 Å². The van der Waals surface area contributed by atoms with E-state index >= 15 is 0 Å². The van der Waals surface area contributed by atoms with Crippen molar-refractivity contribution in [3.63, 3.8) is 0 Å². The Hall–Kier alpha value is -0.910. The van der Waals surface area contributed by atoms with E-state index in [-0.39, 0.29) is 11.5 Å². The maximum atomic E-state index is 5.75. The van der Waals surface area contributed by atoms with Crippen molar-refractivity contribution in [3.05, 3.63) is 68.8 Å². The van der Waals surface area contributed by atoms with E-state index in [9.17, 15) is 0 Å². The highest BCUT2D eigenvalue weighted by molar-refractivity contribution is 14.1. The van der Waals surface area contributed by atoms with Crippen LogP contribution < -0.4 is 11.3 Å². The maximum absolute atomic E-state index is 5.75. The number of hydrogen-bond acceptors (Lipinski definition) is 2. The van der Waals surface area contributed by atoms with Crippen molar-refractivity contribution in [1.82, 2.24) is 5.43 Å². The molecule has 0 amide bonds. The highest BCUT2D eigenvalue weighted by atomic mass is 127. The number of rotatable bonds is 3. The van der Waals surface area contributed by atoms with Crippen molar-refractivity contribution in [1.29, 1.82) is 0 Å². The van der Waals surface area contributed by atoms with Crippen LogP contribution in [0.25, 0.3) is 0 Å². The quantitative estimate of drug-likeness (QED) is 0.477. The average Bonchev–Trinajstić information content (AvgIpc) is 2.41. The van der Waals surface area contributed by atoms with E-state index < -0.39 is 0 Å². The molecule has 2 nitrogen and oxygen atoms in total. The van der Waals surface area contributed by atoms with Crippen LogP contribution in [0.1, 0.15) is 43.5 Å². The molecule has 2 aromatic rings. The Balaban J connectivity index is 2.30. The summed E-state index contributed by atoms with van der Waals surface area (Å²) in [5.41, 5.74) is 6.78. The molecule has 20 heavy (non-hydrogen) atoms. The van der Waals surface area contributed by atoms with Gasteiger partial charge in [-0.1, -0.05) is 57.2 Å². The summed E-state index contributed by atoms with van der Waals surface area (Å²) in [4.78, 5) is 0. The molecule has 2 aromatic carbocycles. The summed E-state index contributed by atoms with van der Waals surface area (Å²) < 4.78 is 1.23. The number of hydrazine groups is 1. The van der Waals surface area contributed by atoms with Gasteiger partial charge in [-0.25, -0.2) is 5.43 Å². The second-order valence-electron chi connectivity index (χ2n) is 6.02. The summed E-state index contributed by atoms with van der Waals surface area (Å²) in [6, 6.07) is 17.1. The SMILES string of the molecule is CC(C)(C)c1ccc(C(NN)c2ccc(I)cc2)cc1. The standard InChI is InChI=1S/C17H21IN2/c1-17(2,3)14-8-4-12(5-9-14)16(20-19)13-6-10-15(18)11-7-13/h4-11,16,20H,19H2,1-3H3. The Bertz CT molecular complexity index is 553. The normalized spacial score (nSPS) is 13.2. The fraction of sp³-hybridized carbons (Fsp3) is 0.294. The molecule has 1 atom stereocenters. The van der Waals surface area contributed by atoms with Crippen LogP contribution in [0.3, 0.4) is 0 Å². The number of halogens is 1. The highest BCUT2D eigenvalue weighted by Crippen LogP contribution is 2.26. The maximum Gasteiger partial charge on any atom is 0.0710 e. The number of benzene rings is 2. The first-order valence-electron chi connectivity index (χ1n) is 6.74. The van der Waals surface area contributed by atoms with Crippen molar-refractivity contribution < 1.29 is 0 Å². The lowest BCUT2D eigenvalue weighted by Gasteiger charge is -2.21. The summed E-state index contributed by atoms with van der Waals surface area (Å²) in [7, 11) is 0. The van der Waals surface area contributed by atoms with E-state index in [1.54, 1.807) is 0 Å². The average molecular weight is 380 g/mol. The van der Waals surface area contributed by atoms with E-state index in [1.807, 2.05) is 0 Å². The lowest BCUT2D eigenvalue weighted by atomic mass is 9.86. The van der Waals surface area contributed by atoms with Crippen LogP contribution in [0.2, 0.25) is 0 Å². The first-order valence-corrected chi connectivity index (χ1v) is 7.82. The minimum Gasteiger partial charge on any atom is -0.271 e. The Morgan fingerprint density at radius 1 is 0.900 bits per heavy atom. The van der Waals surface area contributed by atoms with Gasteiger partial charge in [0.25, 0.3) is 0 Å². The largest absolute Gasteiger partial charge is 0.271 e. The Kier molecular flexibility index (Phi) is 4.83. The molecule has 3 heteroatoms. The smallest absolute Gasteiger partial charge is 0.0710 e. The monoisotopic (exact) mass is 380 g/mol. The van der Waals surface area contributed by atoms with Crippen LogP contribution in [0, 0.1) is 3.57 Å². The van der Waals surface area contributed by atoms with Gasteiger partial charge in [-0.3, -0.25) is 5.84 Å². The van der Waals surface area contributed by atoms with Gasteiger partial charge in [-0.15, -0.1) is 0 Å². The van der Waals surface area contributed by atoms with E-state index in [4.69, 9.17) is 5.84 Å². The predicted octanol–water partition coefficient (Wildman–Crippen LogP) is 4.14. The van der Waals surface area contributed by atoms with Crippen molar-refractivity contribution in [2.75, 3.05) is 0 Å². The van der Waals surface area contributed by atoms with Gasteiger partial charge in [0.05, 0.1) is 6.04 Å². The third-order valence-corrected chi connectivity index (χ3v) is 4.20. The first kappa shape index (κ1) is 15.5. The third-order valence-electron chi connectivity index (χ3n) is 3.48. The van der Waals surface area contributed by atoms with Crippen LogP contribution in [-0.2, 0) is 5.41 Å². The zero-order valence-electron chi connectivity index (χ0n) is 12.2. The van der Waals surface area contributed by atoms with Gasteiger partial charge in [-0.2, -0.15) is 0 Å². The fourth-order valence-electron chi connectivity index (χ4n) is 2.22.